The number of imidazole rings is 1. The van der Waals surface area contributed by atoms with Gasteiger partial charge in [-0.25, -0.2) is 4.98 Å². The van der Waals surface area contributed by atoms with E-state index in [-0.39, 0.29) is 0 Å². The molecule has 1 aliphatic rings. The molecule has 1 aliphatic heterocycles. The van der Waals surface area contributed by atoms with E-state index in [2.05, 4.69) is 44.9 Å². The molecule has 1 saturated heterocycles. The van der Waals surface area contributed by atoms with E-state index in [1.807, 2.05) is 6.20 Å². The lowest BCUT2D eigenvalue weighted by Crippen LogP contribution is -2.35. The van der Waals surface area contributed by atoms with Gasteiger partial charge in [0.15, 0.2) is 0 Å². The molecule has 4 nitrogen and oxygen atoms in total. The van der Waals surface area contributed by atoms with Crippen molar-refractivity contribution in [3.63, 3.8) is 0 Å². The lowest BCUT2D eigenvalue weighted by Gasteiger charge is -2.24. The van der Waals surface area contributed by atoms with Crippen molar-refractivity contribution in [2.45, 2.75) is 18.9 Å². The number of aromatic amines is 1. The van der Waals surface area contributed by atoms with E-state index in [0.717, 1.165) is 18.8 Å². The zero-order valence-corrected chi connectivity index (χ0v) is 10.3. The van der Waals surface area contributed by atoms with Crippen LogP contribution in [0, 0.1) is 0 Å². The predicted molar refractivity (Wildman–Crippen MR) is 73.5 cm³/mol. The van der Waals surface area contributed by atoms with Gasteiger partial charge in [0.2, 0.25) is 0 Å². The second kappa shape index (κ2) is 5.23. The third-order valence-corrected chi connectivity index (χ3v) is 3.40. The summed E-state index contributed by atoms with van der Waals surface area (Å²) < 4.78 is 0. The predicted octanol–water partition coefficient (Wildman–Crippen LogP) is 2.24. The summed E-state index contributed by atoms with van der Waals surface area (Å²) in [5.74, 6) is 0. The minimum absolute atomic E-state index is 0.601. The van der Waals surface area contributed by atoms with E-state index >= 15 is 0 Å². The molecule has 2 aromatic rings. The van der Waals surface area contributed by atoms with Crippen molar-refractivity contribution in [2.75, 3.05) is 18.4 Å². The van der Waals surface area contributed by atoms with E-state index in [9.17, 15) is 0 Å². The molecule has 94 valence electrons. The van der Waals surface area contributed by atoms with Crippen LogP contribution in [0.2, 0.25) is 0 Å². The van der Waals surface area contributed by atoms with Crippen LogP contribution in [0.25, 0.3) is 11.3 Å². The number of rotatable bonds is 3. The van der Waals surface area contributed by atoms with Crippen molar-refractivity contribution in [3.8, 4) is 11.3 Å². The van der Waals surface area contributed by atoms with Crippen LogP contribution in [-0.2, 0) is 0 Å². The van der Waals surface area contributed by atoms with Gasteiger partial charge >= 0.3 is 0 Å². The summed E-state index contributed by atoms with van der Waals surface area (Å²) in [6.45, 7) is 2.23. The van der Waals surface area contributed by atoms with Crippen LogP contribution in [0.3, 0.4) is 0 Å². The molecule has 0 bridgehead atoms. The first kappa shape index (κ1) is 11.3. The average Bonchev–Trinajstić information content (AvgIpc) is 2.95. The van der Waals surface area contributed by atoms with Gasteiger partial charge in [0.05, 0.1) is 18.2 Å². The Labute approximate surface area is 107 Å². The smallest absolute Gasteiger partial charge is 0.0924 e. The molecule has 0 radical (unpaired) electrons. The first-order valence-electron chi connectivity index (χ1n) is 6.48. The first-order chi connectivity index (χ1) is 8.92. The van der Waals surface area contributed by atoms with Gasteiger partial charge in [0.25, 0.3) is 0 Å². The standard InChI is InChI=1S/C14H18N4/c1-3-12(18-13-5-7-15-8-6-13)4-2-11(1)14-9-16-10-17-14/h1-4,9-10,13,15,18H,5-8H2,(H,16,17). The van der Waals surface area contributed by atoms with E-state index in [4.69, 9.17) is 0 Å². The number of hydrogen-bond donors (Lipinski definition) is 3. The topological polar surface area (TPSA) is 52.7 Å². The Morgan fingerprint density at radius 3 is 2.56 bits per heavy atom. The summed E-state index contributed by atoms with van der Waals surface area (Å²) in [6, 6.07) is 9.12. The number of benzene rings is 1. The van der Waals surface area contributed by atoms with Crippen LogP contribution in [0.15, 0.2) is 36.8 Å². The largest absolute Gasteiger partial charge is 0.382 e. The maximum atomic E-state index is 4.04. The Morgan fingerprint density at radius 2 is 1.89 bits per heavy atom. The minimum atomic E-state index is 0.601. The Morgan fingerprint density at radius 1 is 1.11 bits per heavy atom. The molecule has 0 amide bonds. The highest BCUT2D eigenvalue weighted by Crippen LogP contribution is 2.20. The Balaban J connectivity index is 1.67. The van der Waals surface area contributed by atoms with Crippen LogP contribution in [0.5, 0.6) is 0 Å². The molecular formula is C14H18N4. The maximum Gasteiger partial charge on any atom is 0.0924 e. The minimum Gasteiger partial charge on any atom is -0.382 e. The molecule has 1 aromatic carbocycles. The van der Waals surface area contributed by atoms with Crippen LogP contribution < -0.4 is 10.6 Å². The molecule has 0 unspecified atom stereocenters. The summed E-state index contributed by atoms with van der Waals surface area (Å²) in [7, 11) is 0. The lowest BCUT2D eigenvalue weighted by atomic mass is 10.1. The SMILES string of the molecule is c1ncc(-c2ccc(NC3CCNCC3)cc2)[nH]1. The van der Waals surface area contributed by atoms with Crippen LogP contribution in [0.4, 0.5) is 5.69 Å². The first-order valence-corrected chi connectivity index (χ1v) is 6.48. The molecule has 3 rings (SSSR count). The fourth-order valence-electron chi connectivity index (χ4n) is 2.36. The number of nitrogens with zero attached hydrogens (tertiary/aromatic N) is 1. The average molecular weight is 242 g/mol. The number of aromatic nitrogens is 2. The number of anilines is 1. The van der Waals surface area contributed by atoms with Gasteiger partial charge in [0.1, 0.15) is 0 Å². The molecule has 1 fully saturated rings. The normalized spacial score (nSPS) is 16.7. The molecule has 0 aliphatic carbocycles. The molecule has 18 heavy (non-hydrogen) atoms. The molecular weight excluding hydrogens is 224 g/mol. The number of nitrogens with one attached hydrogen (secondary N) is 3. The number of piperidine rings is 1. The summed E-state index contributed by atoms with van der Waals surface area (Å²) in [5.41, 5.74) is 3.43. The Kier molecular flexibility index (Phi) is 3.28. The van der Waals surface area contributed by atoms with Crippen molar-refractivity contribution in [1.29, 1.82) is 0 Å². The number of H-pyrrole nitrogens is 1. The third kappa shape index (κ3) is 2.54. The fourth-order valence-corrected chi connectivity index (χ4v) is 2.36. The highest BCUT2D eigenvalue weighted by molar-refractivity contribution is 5.62. The van der Waals surface area contributed by atoms with Gasteiger partial charge in [0, 0.05) is 11.7 Å². The summed E-state index contributed by atoms with van der Waals surface area (Å²) in [6.07, 6.45) is 5.94. The van der Waals surface area contributed by atoms with Gasteiger partial charge in [-0.05, 0) is 43.6 Å². The van der Waals surface area contributed by atoms with Gasteiger partial charge in [-0.1, -0.05) is 12.1 Å². The van der Waals surface area contributed by atoms with E-state index < -0.39 is 0 Å². The second-order valence-electron chi connectivity index (χ2n) is 4.71. The highest BCUT2D eigenvalue weighted by Gasteiger charge is 2.12. The van der Waals surface area contributed by atoms with Gasteiger partial charge in [-0.3, -0.25) is 0 Å². The molecule has 0 spiro atoms. The van der Waals surface area contributed by atoms with E-state index in [1.165, 1.54) is 24.1 Å². The summed E-state index contributed by atoms with van der Waals surface area (Å²) in [4.78, 5) is 7.15. The molecule has 0 saturated carbocycles. The highest BCUT2D eigenvalue weighted by atomic mass is 15.0. The summed E-state index contributed by atoms with van der Waals surface area (Å²) in [5, 5.41) is 6.96. The van der Waals surface area contributed by atoms with Gasteiger partial charge < -0.3 is 15.6 Å². The quantitative estimate of drug-likeness (QED) is 0.773. The Hall–Kier alpha value is -1.81. The van der Waals surface area contributed by atoms with Gasteiger partial charge in [-0.2, -0.15) is 0 Å². The fraction of sp³-hybridized carbons (Fsp3) is 0.357. The monoisotopic (exact) mass is 242 g/mol. The molecule has 4 heteroatoms. The second-order valence-corrected chi connectivity index (χ2v) is 4.71. The number of hydrogen-bond acceptors (Lipinski definition) is 3. The summed E-state index contributed by atoms with van der Waals surface area (Å²) >= 11 is 0. The van der Waals surface area contributed by atoms with E-state index in [0.29, 0.717) is 6.04 Å². The molecule has 2 heterocycles. The lowest BCUT2D eigenvalue weighted by molar-refractivity contribution is 0.479. The zero-order chi connectivity index (χ0) is 12.2. The van der Waals surface area contributed by atoms with Crippen LogP contribution >= 0.6 is 0 Å². The maximum absolute atomic E-state index is 4.04. The molecule has 0 atom stereocenters. The Bertz CT molecular complexity index is 469. The van der Waals surface area contributed by atoms with Crippen LogP contribution in [0.1, 0.15) is 12.8 Å². The van der Waals surface area contributed by atoms with Gasteiger partial charge in [-0.15, -0.1) is 0 Å². The van der Waals surface area contributed by atoms with Crippen molar-refractivity contribution in [3.05, 3.63) is 36.8 Å². The van der Waals surface area contributed by atoms with Crippen molar-refractivity contribution in [1.82, 2.24) is 15.3 Å². The molecule has 1 aromatic heterocycles. The van der Waals surface area contributed by atoms with Crippen molar-refractivity contribution in [2.24, 2.45) is 0 Å². The third-order valence-electron chi connectivity index (χ3n) is 3.40. The van der Waals surface area contributed by atoms with E-state index in [1.54, 1.807) is 6.33 Å². The van der Waals surface area contributed by atoms with Crippen molar-refractivity contribution < 1.29 is 0 Å². The zero-order valence-electron chi connectivity index (χ0n) is 10.3. The van der Waals surface area contributed by atoms with Crippen LogP contribution in [-0.4, -0.2) is 29.1 Å². The van der Waals surface area contributed by atoms with Crippen molar-refractivity contribution >= 4 is 5.69 Å². The molecule has 3 N–H and O–H groups in total.